The van der Waals surface area contributed by atoms with Crippen LogP contribution in [-0.4, -0.2) is 26.7 Å². The van der Waals surface area contributed by atoms with Gasteiger partial charge in [0.15, 0.2) is 11.5 Å². The van der Waals surface area contributed by atoms with E-state index < -0.39 is 0 Å². The van der Waals surface area contributed by atoms with E-state index in [2.05, 4.69) is 5.32 Å². The number of nitrogens with one attached hydrogen (secondary N) is 1. The minimum atomic E-state index is 0.0467. The summed E-state index contributed by atoms with van der Waals surface area (Å²) in [6.45, 7) is 0.592. The van der Waals surface area contributed by atoms with Gasteiger partial charge in [-0.2, -0.15) is 0 Å². The summed E-state index contributed by atoms with van der Waals surface area (Å²) in [5.41, 5.74) is 2.19. The second-order valence-electron chi connectivity index (χ2n) is 5.42. The number of hydrogen-bond donors (Lipinski definition) is 1. The van der Waals surface area contributed by atoms with Gasteiger partial charge in [-0.25, -0.2) is 0 Å². The van der Waals surface area contributed by atoms with Crippen molar-refractivity contribution in [3.05, 3.63) is 58.6 Å². The summed E-state index contributed by atoms with van der Waals surface area (Å²) < 4.78 is 10.5. The van der Waals surface area contributed by atoms with Crippen LogP contribution in [0.3, 0.4) is 0 Å². The summed E-state index contributed by atoms with van der Waals surface area (Å²) in [5, 5.41) is 3.65. The van der Waals surface area contributed by atoms with Crippen LogP contribution in [0.2, 0.25) is 5.02 Å². The molecule has 0 spiro atoms. The summed E-state index contributed by atoms with van der Waals surface area (Å²) in [6.07, 6.45) is 1.92. The zero-order chi connectivity index (χ0) is 17.4. The van der Waals surface area contributed by atoms with E-state index in [-0.39, 0.29) is 5.91 Å². The minimum Gasteiger partial charge on any atom is -0.493 e. The fourth-order valence-corrected chi connectivity index (χ4v) is 2.51. The Labute approximate surface area is 147 Å². The maximum absolute atomic E-state index is 11.9. The quantitative estimate of drug-likeness (QED) is 0.793. The lowest BCUT2D eigenvalue weighted by Crippen LogP contribution is -2.25. The highest BCUT2D eigenvalue weighted by Crippen LogP contribution is 2.27. The third kappa shape index (κ3) is 5.46. The molecule has 0 atom stereocenters. The van der Waals surface area contributed by atoms with Crippen molar-refractivity contribution in [1.82, 2.24) is 5.32 Å². The molecule has 5 heteroatoms. The summed E-state index contributed by atoms with van der Waals surface area (Å²) in [6, 6.07) is 13.3. The number of carbonyl (C=O) groups excluding carboxylic acids is 1. The summed E-state index contributed by atoms with van der Waals surface area (Å²) in [4.78, 5) is 11.9. The second kappa shape index (κ2) is 9.18. The molecule has 0 aliphatic rings. The molecule has 0 saturated carbocycles. The molecule has 0 aromatic heterocycles. The van der Waals surface area contributed by atoms with E-state index in [1.54, 1.807) is 14.2 Å². The first-order chi connectivity index (χ1) is 11.6. The smallest absolute Gasteiger partial charge is 0.220 e. The zero-order valence-electron chi connectivity index (χ0n) is 14.0. The molecule has 0 saturated heterocycles. The van der Waals surface area contributed by atoms with E-state index in [0.717, 1.165) is 17.5 Å². The molecule has 0 aliphatic heterocycles. The van der Waals surface area contributed by atoms with E-state index in [1.165, 1.54) is 0 Å². The number of methoxy groups -OCH3 is 2. The lowest BCUT2D eigenvalue weighted by atomic mass is 10.1. The highest BCUT2D eigenvalue weighted by molar-refractivity contribution is 6.30. The summed E-state index contributed by atoms with van der Waals surface area (Å²) >= 11 is 5.85. The number of aryl methyl sites for hydroxylation is 1. The van der Waals surface area contributed by atoms with Gasteiger partial charge in [0.2, 0.25) is 5.91 Å². The predicted molar refractivity (Wildman–Crippen MR) is 96.0 cm³/mol. The Balaban J connectivity index is 1.75. The van der Waals surface area contributed by atoms with Crippen LogP contribution in [-0.2, 0) is 17.6 Å². The van der Waals surface area contributed by atoms with Gasteiger partial charge < -0.3 is 14.8 Å². The van der Waals surface area contributed by atoms with Gasteiger partial charge in [0.05, 0.1) is 14.2 Å². The Kier molecular flexibility index (Phi) is 6.94. The van der Waals surface area contributed by atoms with Crippen molar-refractivity contribution in [1.29, 1.82) is 0 Å². The fraction of sp³-hybridized carbons (Fsp3) is 0.316. The molecule has 128 valence electrons. The third-order valence-corrected chi connectivity index (χ3v) is 3.99. The largest absolute Gasteiger partial charge is 0.493 e. The first-order valence-corrected chi connectivity index (χ1v) is 8.22. The Morgan fingerprint density at radius 2 is 1.62 bits per heavy atom. The topological polar surface area (TPSA) is 47.6 Å². The van der Waals surface area contributed by atoms with Gasteiger partial charge in [-0.05, 0) is 48.2 Å². The molecule has 0 radical (unpaired) electrons. The van der Waals surface area contributed by atoms with Gasteiger partial charge in [0, 0.05) is 18.0 Å². The van der Waals surface area contributed by atoms with Crippen molar-refractivity contribution in [3.63, 3.8) is 0 Å². The van der Waals surface area contributed by atoms with Crippen molar-refractivity contribution in [3.8, 4) is 11.5 Å². The van der Waals surface area contributed by atoms with Crippen LogP contribution in [0.1, 0.15) is 17.5 Å². The van der Waals surface area contributed by atoms with Crippen LogP contribution in [0.4, 0.5) is 0 Å². The van der Waals surface area contributed by atoms with E-state index in [9.17, 15) is 4.79 Å². The monoisotopic (exact) mass is 347 g/mol. The third-order valence-electron chi connectivity index (χ3n) is 3.74. The van der Waals surface area contributed by atoms with Crippen molar-refractivity contribution in [2.45, 2.75) is 19.3 Å². The van der Waals surface area contributed by atoms with Crippen LogP contribution in [0.5, 0.6) is 11.5 Å². The van der Waals surface area contributed by atoms with Crippen molar-refractivity contribution in [2.24, 2.45) is 0 Å². The lowest BCUT2D eigenvalue weighted by Gasteiger charge is -2.10. The number of carbonyl (C=O) groups is 1. The maximum atomic E-state index is 11.9. The predicted octanol–water partition coefficient (Wildman–Crippen LogP) is 3.65. The van der Waals surface area contributed by atoms with E-state index >= 15 is 0 Å². The molecule has 0 heterocycles. The molecule has 0 fully saturated rings. The number of hydrogen-bond acceptors (Lipinski definition) is 3. The Bertz CT molecular complexity index is 671. The van der Waals surface area contributed by atoms with Gasteiger partial charge in [0.25, 0.3) is 0 Å². The molecule has 0 aliphatic carbocycles. The highest BCUT2D eigenvalue weighted by Gasteiger charge is 2.06. The number of rotatable bonds is 8. The SMILES string of the molecule is COc1ccc(CCNC(=O)CCc2ccc(Cl)cc2)cc1OC. The maximum Gasteiger partial charge on any atom is 0.220 e. The van der Waals surface area contributed by atoms with Crippen molar-refractivity contribution < 1.29 is 14.3 Å². The van der Waals surface area contributed by atoms with Gasteiger partial charge in [-0.1, -0.05) is 29.8 Å². The highest BCUT2D eigenvalue weighted by atomic mass is 35.5. The molecular formula is C19H22ClNO3. The Morgan fingerprint density at radius 3 is 2.29 bits per heavy atom. The molecule has 0 bridgehead atoms. The van der Waals surface area contributed by atoms with Crippen LogP contribution in [0.15, 0.2) is 42.5 Å². The first-order valence-electron chi connectivity index (χ1n) is 7.84. The second-order valence-corrected chi connectivity index (χ2v) is 5.85. The van der Waals surface area contributed by atoms with E-state index in [1.807, 2.05) is 42.5 Å². The van der Waals surface area contributed by atoms with Gasteiger partial charge in [-0.15, -0.1) is 0 Å². The molecule has 2 rings (SSSR count). The molecule has 2 aromatic carbocycles. The molecule has 1 N–H and O–H groups in total. The Hall–Kier alpha value is -2.20. The normalized spacial score (nSPS) is 10.3. The van der Waals surface area contributed by atoms with E-state index in [0.29, 0.717) is 35.9 Å². The van der Waals surface area contributed by atoms with Crippen LogP contribution in [0, 0.1) is 0 Å². The van der Waals surface area contributed by atoms with E-state index in [4.69, 9.17) is 21.1 Å². The molecule has 24 heavy (non-hydrogen) atoms. The van der Waals surface area contributed by atoms with Crippen LogP contribution >= 0.6 is 11.6 Å². The van der Waals surface area contributed by atoms with Gasteiger partial charge in [0.1, 0.15) is 0 Å². The number of amides is 1. The van der Waals surface area contributed by atoms with Crippen molar-refractivity contribution in [2.75, 3.05) is 20.8 Å². The van der Waals surface area contributed by atoms with Gasteiger partial charge >= 0.3 is 0 Å². The first kappa shape index (κ1) is 18.1. The van der Waals surface area contributed by atoms with Gasteiger partial charge in [-0.3, -0.25) is 4.79 Å². The average Bonchev–Trinajstić information content (AvgIpc) is 2.61. The van der Waals surface area contributed by atoms with Crippen LogP contribution in [0.25, 0.3) is 0 Å². The van der Waals surface area contributed by atoms with Crippen LogP contribution < -0.4 is 14.8 Å². The molecular weight excluding hydrogens is 326 g/mol. The number of benzene rings is 2. The minimum absolute atomic E-state index is 0.0467. The lowest BCUT2D eigenvalue weighted by molar-refractivity contribution is -0.121. The number of ether oxygens (including phenoxy) is 2. The van der Waals surface area contributed by atoms with Crippen molar-refractivity contribution >= 4 is 17.5 Å². The summed E-state index contributed by atoms with van der Waals surface area (Å²) in [5.74, 6) is 1.45. The fourth-order valence-electron chi connectivity index (χ4n) is 2.38. The molecule has 0 unspecified atom stereocenters. The Morgan fingerprint density at radius 1 is 0.958 bits per heavy atom. The number of halogens is 1. The standard InChI is InChI=1S/C19H22ClNO3/c1-23-17-9-5-15(13-18(17)24-2)11-12-21-19(22)10-6-14-3-7-16(20)8-4-14/h3-5,7-9,13H,6,10-12H2,1-2H3,(H,21,22). The molecule has 2 aromatic rings. The summed E-state index contributed by atoms with van der Waals surface area (Å²) in [7, 11) is 3.22. The average molecular weight is 348 g/mol. The molecule has 4 nitrogen and oxygen atoms in total. The zero-order valence-corrected chi connectivity index (χ0v) is 14.7. The molecule has 1 amide bonds.